The van der Waals surface area contributed by atoms with Crippen molar-refractivity contribution in [1.82, 2.24) is 10.2 Å². The molecule has 0 bridgehead atoms. The van der Waals surface area contributed by atoms with Crippen molar-refractivity contribution in [2.75, 3.05) is 31.6 Å². The minimum Gasteiger partial charge on any atom is -0.444 e. The number of carbonyl (C=O) groups is 2. The summed E-state index contributed by atoms with van der Waals surface area (Å²) in [6.07, 6.45) is -0.647. The smallest absolute Gasteiger partial charge is 0.407 e. The fourth-order valence-corrected chi connectivity index (χ4v) is 3.09. The maximum Gasteiger partial charge on any atom is 0.407 e. The Kier molecular flexibility index (Phi) is 7.43. The Hall–Kier alpha value is -2.12. The van der Waals surface area contributed by atoms with Crippen LogP contribution >= 0.6 is 0 Å². The van der Waals surface area contributed by atoms with Gasteiger partial charge < -0.3 is 20.1 Å². The maximum absolute atomic E-state index is 12.7. The molecule has 156 valence electrons. The third-order valence-electron chi connectivity index (χ3n) is 4.61. The van der Waals surface area contributed by atoms with Gasteiger partial charge in [-0.1, -0.05) is 17.7 Å². The topological polar surface area (TPSA) is 79.9 Å². The summed E-state index contributed by atoms with van der Waals surface area (Å²) in [6, 6.07) is 5.67. The Labute approximate surface area is 167 Å². The van der Waals surface area contributed by atoms with Gasteiger partial charge in [0.2, 0.25) is 5.91 Å². The van der Waals surface area contributed by atoms with Crippen molar-refractivity contribution >= 4 is 17.7 Å². The molecule has 2 amide bonds. The van der Waals surface area contributed by atoms with Gasteiger partial charge in [-0.15, -0.1) is 0 Å². The maximum atomic E-state index is 12.7. The summed E-state index contributed by atoms with van der Waals surface area (Å²) in [5.74, 6) is -0.0484. The second kappa shape index (κ2) is 9.39. The van der Waals surface area contributed by atoms with Gasteiger partial charge in [-0.3, -0.25) is 9.69 Å². The number of carbonyl (C=O) groups excluding carboxylic acids is 2. The Morgan fingerprint density at radius 3 is 2.68 bits per heavy atom. The number of nitrogens with zero attached hydrogens (tertiary/aromatic N) is 1. The standard InChI is InChI=1S/C21H33N3O4/c1-14-7-8-18(15(2)11-14)23-19(25)16(3)24-9-10-27-17(13-24)12-22-20(26)28-21(4,5)6/h7-8,11,16-17H,9-10,12-13H2,1-6H3,(H,22,26)(H,23,25). The lowest BCUT2D eigenvalue weighted by Crippen LogP contribution is -2.53. The normalized spacial score (nSPS) is 19.0. The molecule has 0 aliphatic carbocycles. The largest absolute Gasteiger partial charge is 0.444 e. The molecule has 1 aliphatic rings. The fraction of sp³-hybridized carbons (Fsp3) is 0.619. The van der Waals surface area contributed by atoms with Crippen molar-refractivity contribution in [3.63, 3.8) is 0 Å². The van der Waals surface area contributed by atoms with Crippen LogP contribution in [0.2, 0.25) is 0 Å². The highest BCUT2D eigenvalue weighted by Gasteiger charge is 2.28. The van der Waals surface area contributed by atoms with E-state index < -0.39 is 11.7 Å². The van der Waals surface area contributed by atoms with Gasteiger partial charge >= 0.3 is 6.09 Å². The van der Waals surface area contributed by atoms with Crippen molar-refractivity contribution in [3.05, 3.63) is 29.3 Å². The number of ether oxygens (including phenoxy) is 2. The molecule has 7 nitrogen and oxygen atoms in total. The predicted molar refractivity (Wildman–Crippen MR) is 110 cm³/mol. The van der Waals surface area contributed by atoms with Crippen LogP contribution in [0.5, 0.6) is 0 Å². The van der Waals surface area contributed by atoms with Gasteiger partial charge in [0.05, 0.1) is 18.8 Å². The number of hydrogen-bond acceptors (Lipinski definition) is 5. The number of hydrogen-bond donors (Lipinski definition) is 2. The zero-order valence-corrected chi connectivity index (χ0v) is 17.8. The van der Waals surface area contributed by atoms with E-state index in [1.807, 2.05) is 59.7 Å². The number of anilines is 1. The van der Waals surface area contributed by atoms with Gasteiger partial charge in [0.1, 0.15) is 5.60 Å². The first-order valence-electron chi connectivity index (χ1n) is 9.76. The van der Waals surface area contributed by atoms with Crippen molar-refractivity contribution in [3.8, 4) is 0 Å². The van der Waals surface area contributed by atoms with Crippen LogP contribution in [0.25, 0.3) is 0 Å². The second-order valence-electron chi connectivity index (χ2n) is 8.35. The molecular formula is C21H33N3O4. The fourth-order valence-electron chi connectivity index (χ4n) is 3.09. The van der Waals surface area contributed by atoms with Crippen LogP contribution in [0, 0.1) is 13.8 Å². The first kappa shape index (κ1) is 22.2. The minimum absolute atomic E-state index is 0.0484. The van der Waals surface area contributed by atoms with Crippen LogP contribution in [0.15, 0.2) is 18.2 Å². The first-order valence-corrected chi connectivity index (χ1v) is 9.76. The Morgan fingerprint density at radius 1 is 1.32 bits per heavy atom. The molecule has 2 N–H and O–H groups in total. The van der Waals surface area contributed by atoms with Crippen LogP contribution in [0.3, 0.4) is 0 Å². The van der Waals surface area contributed by atoms with Crippen molar-refractivity contribution < 1.29 is 19.1 Å². The first-order chi connectivity index (χ1) is 13.0. The molecule has 1 aliphatic heterocycles. The van der Waals surface area contributed by atoms with E-state index in [2.05, 4.69) is 15.5 Å². The molecule has 1 heterocycles. The molecule has 1 fully saturated rings. The van der Waals surface area contributed by atoms with Crippen LogP contribution in [-0.2, 0) is 14.3 Å². The molecule has 0 radical (unpaired) electrons. The number of morpholine rings is 1. The monoisotopic (exact) mass is 391 g/mol. The summed E-state index contributed by atoms with van der Waals surface area (Å²) in [5.41, 5.74) is 2.50. The Morgan fingerprint density at radius 2 is 2.04 bits per heavy atom. The summed E-state index contributed by atoms with van der Waals surface area (Å²) in [4.78, 5) is 26.6. The summed E-state index contributed by atoms with van der Waals surface area (Å²) < 4.78 is 11.0. The number of amides is 2. The van der Waals surface area contributed by atoms with Gasteiger partial charge in [-0.05, 0) is 53.2 Å². The second-order valence-corrected chi connectivity index (χ2v) is 8.35. The van der Waals surface area contributed by atoms with Crippen LogP contribution in [-0.4, -0.2) is 60.9 Å². The van der Waals surface area contributed by atoms with E-state index in [0.29, 0.717) is 26.2 Å². The van der Waals surface area contributed by atoms with Crippen molar-refractivity contribution in [1.29, 1.82) is 0 Å². The summed E-state index contributed by atoms with van der Waals surface area (Å²) in [5, 5.41) is 5.75. The molecule has 1 saturated heterocycles. The molecule has 0 saturated carbocycles. The average Bonchev–Trinajstić information content (AvgIpc) is 2.60. The molecular weight excluding hydrogens is 358 g/mol. The zero-order chi connectivity index (χ0) is 20.9. The predicted octanol–water partition coefficient (Wildman–Crippen LogP) is 2.86. The lowest BCUT2D eigenvalue weighted by molar-refractivity contribution is -0.124. The third-order valence-corrected chi connectivity index (χ3v) is 4.61. The highest BCUT2D eigenvalue weighted by Crippen LogP contribution is 2.17. The SMILES string of the molecule is Cc1ccc(NC(=O)C(C)N2CCOC(CNC(=O)OC(C)(C)C)C2)c(C)c1. The van der Waals surface area contributed by atoms with E-state index in [0.717, 1.165) is 16.8 Å². The lowest BCUT2D eigenvalue weighted by Gasteiger charge is -2.36. The quantitative estimate of drug-likeness (QED) is 0.807. The summed E-state index contributed by atoms with van der Waals surface area (Å²) in [6.45, 7) is 13.5. The molecule has 1 aromatic carbocycles. The number of aryl methyl sites for hydroxylation is 2. The van der Waals surface area contributed by atoms with E-state index in [-0.39, 0.29) is 18.1 Å². The van der Waals surface area contributed by atoms with Crippen LogP contribution in [0.4, 0.5) is 10.5 Å². The van der Waals surface area contributed by atoms with Crippen LogP contribution in [0.1, 0.15) is 38.8 Å². The van der Waals surface area contributed by atoms with E-state index in [1.54, 1.807) is 0 Å². The van der Waals surface area contributed by atoms with E-state index in [1.165, 1.54) is 0 Å². The zero-order valence-electron chi connectivity index (χ0n) is 17.8. The minimum atomic E-state index is -0.537. The Balaban J connectivity index is 1.86. The highest BCUT2D eigenvalue weighted by atomic mass is 16.6. The molecule has 1 aromatic rings. The lowest BCUT2D eigenvalue weighted by atomic mass is 10.1. The van der Waals surface area contributed by atoms with E-state index in [4.69, 9.17) is 9.47 Å². The van der Waals surface area contributed by atoms with Gasteiger partial charge in [-0.2, -0.15) is 0 Å². The molecule has 28 heavy (non-hydrogen) atoms. The van der Waals surface area contributed by atoms with Crippen molar-refractivity contribution in [2.24, 2.45) is 0 Å². The van der Waals surface area contributed by atoms with E-state index >= 15 is 0 Å². The number of benzene rings is 1. The number of rotatable bonds is 5. The molecule has 2 atom stereocenters. The van der Waals surface area contributed by atoms with Gasteiger partial charge in [0, 0.05) is 25.3 Å². The Bertz CT molecular complexity index is 699. The van der Waals surface area contributed by atoms with Crippen LogP contribution < -0.4 is 10.6 Å². The number of alkyl carbamates (subject to hydrolysis) is 1. The van der Waals surface area contributed by atoms with E-state index in [9.17, 15) is 9.59 Å². The molecule has 7 heteroatoms. The van der Waals surface area contributed by atoms with Gasteiger partial charge in [-0.25, -0.2) is 4.79 Å². The average molecular weight is 392 g/mol. The summed E-state index contributed by atoms with van der Waals surface area (Å²) >= 11 is 0. The van der Waals surface area contributed by atoms with Gasteiger partial charge in [0.25, 0.3) is 0 Å². The van der Waals surface area contributed by atoms with Crippen molar-refractivity contribution in [2.45, 2.75) is 59.3 Å². The van der Waals surface area contributed by atoms with Gasteiger partial charge in [0.15, 0.2) is 0 Å². The molecule has 2 unspecified atom stereocenters. The summed E-state index contributed by atoms with van der Waals surface area (Å²) in [7, 11) is 0. The molecule has 2 rings (SSSR count). The molecule has 0 spiro atoms. The highest BCUT2D eigenvalue weighted by molar-refractivity contribution is 5.95. The molecule has 0 aromatic heterocycles. The number of nitrogens with one attached hydrogen (secondary N) is 2. The third kappa shape index (κ3) is 6.80.